The first-order valence-corrected chi connectivity index (χ1v) is 5.53. The van der Waals surface area contributed by atoms with Crippen molar-refractivity contribution >= 4 is 15.9 Å². The molecule has 1 aliphatic carbocycles. The minimum atomic E-state index is -4.31. The molecule has 84 valence electrons. The Morgan fingerprint density at radius 2 is 1.94 bits per heavy atom. The first-order chi connectivity index (χ1) is 7.39. The maximum atomic E-state index is 12.4. The molecule has 0 aromatic heterocycles. The third-order valence-corrected chi connectivity index (χ3v) is 3.49. The molecule has 16 heavy (non-hydrogen) atoms. The molecule has 0 unspecified atom stereocenters. The van der Waals surface area contributed by atoms with E-state index in [-0.39, 0.29) is 5.41 Å². The van der Waals surface area contributed by atoms with Crippen molar-refractivity contribution < 1.29 is 13.2 Å². The van der Waals surface area contributed by atoms with E-state index in [0.29, 0.717) is 4.47 Å². The highest BCUT2D eigenvalue weighted by atomic mass is 79.9. The Bertz CT molecular complexity index is 464. The van der Waals surface area contributed by atoms with Crippen LogP contribution in [0.5, 0.6) is 0 Å². The van der Waals surface area contributed by atoms with Crippen molar-refractivity contribution in [2.45, 2.75) is 24.4 Å². The number of halogens is 4. The fourth-order valence-corrected chi connectivity index (χ4v) is 2.45. The average molecular weight is 289 g/mol. The van der Waals surface area contributed by atoms with Crippen molar-refractivity contribution in [2.24, 2.45) is 0 Å². The van der Waals surface area contributed by atoms with E-state index < -0.39 is 11.7 Å². The van der Waals surface area contributed by atoms with Gasteiger partial charge in [-0.2, -0.15) is 13.2 Å². The van der Waals surface area contributed by atoms with Crippen LogP contribution in [0.25, 0.3) is 0 Å². The summed E-state index contributed by atoms with van der Waals surface area (Å²) in [6, 6.07) is 3.64. The van der Waals surface area contributed by atoms with Gasteiger partial charge in [-0.25, -0.2) is 0 Å². The van der Waals surface area contributed by atoms with E-state index >= 15 is 0 Å². The zero-order valence-electron chi connectivity index (χ0n) is 8.24. The Hall–Kier alpha value is -0.950. The molecule has 0 nitrogen and oxygen atoms in total. The van der Waals surface area contributed by atoms with Crippen LogP contribution in [0.3, 0.4) is 0 Å². The fourth-order valence-electron chi connectivity index (χ4n) is 1.70. The molecule has 0 radical (unpaired) electrons. The van der Waals surface area contributed by atoms with Gasteiger partial charge in [0.25, 0.3) is 0 Å². The van der Waals surface area contributed by atoms with Crippen LogP contribution in [0.1, 0.15) is 24.0 Å². The predicted octanol–water partition coefficient (Wildman–Crippen LogP) is 4.13. The Morgan fingerprint density at radius 1 is 1.31 bits per heavy atom. The SMILES string of the molecule is C#CC1(c2ccc(C(F)(F)F)cc2Br)CC1. The summed E-state index contributed by atoms with van der Waals surface area (Å²) in [5.74, 6) is 2.66. The second-order valence-corrected chi connectivity index (χ2v) is 4.77. The normalized spacial score (nSPS) is 17.9. The first-order valence-electron chi connectivity index (χ1n) is 4.74. The van der Waals surface area contributed by atoms with Gasteiger partial charge in [0.15, 0.2) is 0 Å². The van der Waals surface area contributed by atoms with Crippen molar-refractivity contribution in [1.82, 2.24) is 0 Å². The number of hydrogen-bond donors (Lipinski definition) is 0. The van der Waals surface area contributed by atoms with Crippen LogP contribution in [0.4, 0.5) is 13.2 Å². The predicted molar refractivity (Wildman–Crippen MR) is 58.9 cm³/mol. The van der Waals surface area contributed by atoms with Crippen molar-refractivity contribution in [2.75, 3.05) is 0 Å². The molecule has 0 amide bonds. The van der Waals surface area contributed by atoms with Crippen molar-refractivity contribution in [3.63, 3.8) is 0 Å². The van der Waals surface area contributed by atoms with Crippen LogP contribution >= 0.6 is 15.9 Å². The zero-order chi connectivity index (χ0) is 12.0. The van der Waals surface area contributed by atoms with Crippen molar-refractivity contribution in [3.05, 3.63) is 33.8 Å². The van der Waals surface area contributed by atoms with Crippen LogP contribution < -0.4 is 0 Å². The van der Waals surface area contributed by atoms with E-state index in [1.807, 2.05) is 0 Å². The van der Waals surface area contributed by atoms with Gasteiger partial charge in [-0.3, -0.25) is 0 Å². The average Bonchev–Trinajstić information content (AvgIpc) is 2.97. The number of benzene rings is 1. The van der Waals surface area contributed by atoms with E-state index in [0.717, 1.165) is 30.5 Å². The molecule has 0 heterocycles. The number of hydrogen-bond acceptors (Lipinski definition) is 0. The van der Waals surface area contributed by atoms with Crippen LogP contribution in [0, 0.1) is 12.3 Å². The summed E-state index contributed by atoms with van der Waals surface area (Å²) in [6.07, 6.45) is 2.77. The van der Waals surface area contributed by atoms with E-state index in [2.05, 4.69) is 21.9 Å². The van der Waals surface area contributed by atoms with Gasteiger partial charge in [-0.05, 0) is 30.5 Å². The minimum absolute atomic E-state index is 0.344. The highest BCUT2D eigenvalue weighted by molar-refractivity contribution is 9.10. The summed E-state index contributed by atoms with van der Waals surface area (Å²) in [6.45, 7) is 0. The molecule has 0 aliphatic heterocycles. The topological polar surface area (TPSA) is 0 Å². The van der Waals surface area contributed by atoms with Crippen molar-refractivity contribution in [3.8, 4) is 12.3 Å². The second-order valence-electron chi connectivity index (χ2n) is 3.92. The second kappa shape index (κ2) is 3.53. The lowest BCUT2D eigenvalue weighted by atomic mass is 9.96. The lowest BCUT2D eigenvalue weighted by Gasteiger charge is -2.13. The molecule has 0 N–H and O–H groups in total. The lowest BCUT2D eigenvalue weighted by molar-refractivity contribution is -0.137. The Labute approximate surface area is 100.0 Å². The van der Waals surface area contributed by atoms with E-state index in [4.69, 9.17) is 6.42 Å². The van der Waals surface area contributed by atoms with E-state index in [9.17, 15) is 13.2 Å². The largest absolute Gasteiger partial charge is 0.416 e. The smallest absolute Gasteiger partial charge is 0.166 e. The molecule has 1 saturated carbocycles. The van der Waals surface area contributed by atoms with Crippen LogP contribution in [0.2, 0.25) is 0 Å². The summed E-state index contributed by atoms with van der Waals surface area (Å²) < 4.78 is 37.7. The highest BCUT2D eigenvalue weighted by Crippen LogP contribution is 2.50. The molecule has 1 aliphatic rings. The molecule has 0 atom stereocenters. The maximum absolute atomic E-state index is 12.4. The van der Waals surface area contributed by atoms with Crippen LogP contribution in [-0.2, 0) is 11.6 Å². The monoisotopic (exact) mass is 288 g/mol. The van der Waals surface area contributed by atoms with Gasteiger partial charge in [-0.1, -0.05) is 27.9 Å². The summed E-state index contributed by atoms with van der Waals surface area (Å²) in [5, 5.41) is 0. The van der Waals surface area contributed by atoms with Gasteiger partial charge in [0.2, 0.25) is 0 Å². The van der Waals surface area contributed by atoms with Gasteiger partial charge < -0.3 is 0 Å². The number of rotatable bonds is 1. The van der Waals surface area contributed by atoms with Gasteiger partial charge in [0.05, 0.1) is 11.0 Å². The molecule has 1 aromatic carbocycles. The van der Waals surface area contributed by atoms with Gasteiger partial charge in [-0.15, -0.1) is 6.42 Å². The molecule has 4 heteroatoms. The van der Waals surface area contributed by atoms with Crippen LogP contribution in [-0.4, -0.2) is 0 Å². The summed E-state index contributed by atoms with van der Waals surface area (Å²) in [5.41, 5.74) is -0.220. The molecule has 0 bridgehead atoms. The lowest BCUT2D eigenvalue weighted by Crippen LogP contribution is -2.08. The summed E-state index contributed by atoms with van der Waals surface area (Å²) in [7, 11) is 0. The molecular formula is C12H8BrF3. The molecule has 0 saturated heterocycles. The zero-order valence-corrected chi connectivity index (χ0v) is 9.82. The molecule has 2 rings (SSSR count). The standard InChI is InChI=1S/C12H8BrF3/c1-2-11(5-6-11)9-4-3-8(7-10(9)13)12(14,15)16/h1,3-4,7H,5-6H2. The summed E-state index contributed by atoms with van der Waals surface area (Å²) >= 11 is 3.16. The van der Waals surface area contributed by atoms with E-state index in [1.165, 1.54) is 6.07 Å². The van der Waals surface area contributed by atoms with Gasteiger partial charge >= 0.3 is 6.18 Å². The number of alkyl halides is 3. The fraction of sp³-hybridized carbons (Fsp3) is 0.333. The van der Waals surface area contributed by atoms with E-state index in [1.54, 1.807) is 0 Å². The molecular weight excluding hydrogens is 281 g/mol. The maximum Gasteiger partial charge on any atom is 0.416 e. The third kappa shape index (κ3) is 1.84. The summed E-state index contributed by atoms with van der Waals surface area (Å²) in [4.78, 5) is 0. The molecule has 0 spiro atoms. The van der Waals surface area contributed by atoms with Gasteiger partial charge in [0, 0.05) is 4.47 Å². The molecule has 1 fully saturated rings. The Morgan fingerprint density at radius 3 is 2.31 bits per heavy atom. The first kappa shape index (κ1) is 11.5. The Kier molecular flexibility index (Phi) is 2.54. The quantitative estimate of drug-likeness (QED) is 0.682. The minimum Gasteiger partial charge on any atom is -0.166 e. The molecule has 1 aromatic rings. The third-order valence-electron chi connectivity index (χ3n) is 2.84. The Balaban J connectivity index is 2.43. The van der Waals surface area contributed by atoms with Crippen LogP contribution in [0.15, 0.2) is 22.7 Å². The van der Waals surface area contributed by atoms with Gasteiger partial charge in [0.1, 0.15) is 0 Å². The number of terminal acetylenes is 1. The highest BCUT2D eigenvalue weighted by Gasteiger charge is 2.44. The van der Waals surface area contributed by atoms with Crippen molar-refractivity contribution in [1.29, 1.82) is 0 Å².